The maximum absolute atomic E-state index is 11.8. The van der Waals surface area contributed by atoms with E-state index in [0.717, 1.165) is 36.2 Å². The van der Waals surface area contributed by atoms with E-state index in [2.05, 4.69) is 18.2 Å². The molecule has 0 unspecified atom stereocenters. The molecule has 0 aromatic heterocycles. The van der Waals surface area contributed by atoms with Crippen molar-refractivity contribution >= 4 is 9.73 Å². The molecule has 1 heterocycles. The Balaban J connectivity index is 2.57. The average Bonchev–Trinajstić information content (AvgIpc) is 2.05. The highest BCUT2D eigenvalue weighted by Crippen LogP contribution is 2.26. The van der Waals surface area contributed by atoms with Crippen molar-refractivity contribution in [2.24, 2.45) is 16.2 Å². The van der Waals surface area contributed by atoms with Crippen LogP contribution in [0.25, 0.3) is 0 Å². The Kier molecular flexibility index (Phi) is 3.16. The summed E-state index contributed by atoms with van der Waals surface area (Å²) in [6, 6.07) is 0. The van der Waals surface area contributed by atoms with E-state index < -0.39 is 9.73 Å². The molecule has 0 N–H and O–H groups in total. The molecule has 2 nitrogen and oxygen atoms in total. The van der Waals surface area contributed by atoms with Crippen LogP contribution in [-0.4, -0.2) is 22.8 Å². The van der Waals surface area contributed by atoms with Gasteiger partial charge in [-0.15, -0.1) is 0 Å². The van der Waals surface area contributed by atoms with Crippen LogP contribution in [0.4, 0.5) is 0 Å². The fourth-order valence-corrected chi connectivity index (χ4v) is 3.68. The summed E-state index contributed by atoms with van der Waals surface area (Å²) < 4.78 is 15.8. The molecular formula is C9H19NOS. The van der Waals surface area contributed by atoms with Crippen molar-refractivity contribution in [2.45, 2.75) is 26.7 Å². The Morgan fingerprint density at radius 2 is 1.83 bits per heavy atom. The van der Waals surface area contributed by atoms with Crippen LogP contribution in [0.5, 0.6) is 0 Å². The zero-order chi connectivity index (χ0) is 9.19. The Morgan fingerprint density at radius 3 is 2.17 bits per heavy atom. The molecule has 72 valence electrons. The SMILES string of the molecule is CN=S1(=O)CCC(C(C)C)CC1. The van der Waals surface area contributed by atoms with Crippen molar-refractivity contribution in [3.05, 3.63) is 0 Å². The molecule has 1 aliphatic heterocycles. The summed E-state index contributed by atoms with van der Waals surface area (Å²) in [6.45, 7) is 4.50. The lowest BCUT2D eigenvalue weighted by Gasteiger charge is -2.26. The zero-order valence-corrected chi connectivity index (χ0v) is 9.06. The predicted molar refractivity (Wildman–Crippen MR) is 53.8 cm³/mol. The number of hydrogen-bond acceptors (Lipinski definition) is 2. The lowest BCUT2D eigenvalue weighted by Crippen LogP contribution is -2.25. The van der Waals surface area contributed by atoms with Gasteiger partial charge in [-0.2, -0.15) is 0 Å². The van der Waals surface area contributed by atoms with Crippen LogP contribution in [0.2, 0.25) is 0 Å². The first-order valence-electron chi connectivity index (χ1n) is 4.68. The van der Waals surface area contributed by atoms with Crippen LogP contribution in [0, 0.1) is 11.8 Å². The largest absolute Gasteiger partial charge is 0.250 e. The molecule has 0 radical (unpaired) electrons. The van der Waals surface area contributed by atoms with Gasteiger partial charge in [0.2, 0.25) is 0 Å². The molecule has 1 fully saturated rings. The molecule has 0 spiro atoms. The fourth-order valence-electron chi connectivity index (χ4n) is 1.77. The van der Waals surface area contributed by atoms with Crippen LogP contribution in [0.1, 0.15) is 26.7 Å². The summed E-state index contributed by atoms with van der Waals surface area (Å²) in [4.78, 5) is 0. The van der Waals surface area contributed by atoms with E-state index in [1.807, 2.05) is 0 Å². The number of nitrogens with zero attached hydrogens (tertiary/aromatic N) is 1. The Bertz CT molecular complexity index is 237. The first-order chi connectivity index (χ1) is 5.57. The van der Waals surface area contributed by atoms with Gasteiger partial charge in [0.25, 0.3) is 0 Å². The third kappa shape index (κ3) is 2.22. The van der Waals surface area contributed by atoms with Gasteiger partial charge in [-0.1, -0.05) is 13.8 Å². The molecule has 1 rings (SSSR count). The van der Waals surface area contributed by atoms with E-state index in [1.165, 1.54) is 0 Å². The van der Waals surface area contributed by atoms with Gasteiger partial charge in [0, 0.05) is 28.3 Å². The van der Waals surface area contributed by atoms with Gasteiger partial charge in [-0.05, 0) is 24.7 Å². The van der Waals surface area contributed by atoms with E-state index in [0.29, 0.717) is 0 Å². The second-order valence-electron chi connectivity index (χ2n) is 3.94. The van der Waals surface area contributed by atoms with Crippen LogP contribution >= 0.6 is 0 Å². The molecule has 12 heavy (non-hydrogen) atoms. The van der Waals surface area contributed by atoms with Gasteiger partial charge >= 0.3 is 0 Å². The number of hydrogen-bond donors (Lipinski definition) is 0. The Morgan fingerprint density at radius 1 is 1.33 bits per heavy atom. The molecule has 0 aromatic carbocycles. The molecule has 0 bridgehead atoms. The van der Waals surface area contributed by atoms with E-state index >= 15 is 0 Å². The summed E-state index contributed by atoms with van der Waals surface area (Å²) in [5, 5.41) is 0. The second kappa shape index (κ2) is 3.77. The Hall–Kier alpha value is -0.0500. The third-order valence-electron chi connectivity index (χ3n) is 2.89. The minimum Gasteiger partial charge on any atom is -0.250 e. The molecule has 3 heteroatoms. The summed E-state index contributed by atoms with van der Waals surface area (Å²) in [5.41, 5.74) is 0. The molecule has 0 atom stereocenters. The first-order valence-corrected chi connectivity index (χ1v) is 6.53. The molecule has 1 aliphatic rings. The van der Waals surface area contributed by atoms with Crippen molar-refractivity contribution in [3.63, 3.8) is 0 Å². The maximum atomic E-state index is 11.8. The lowest BCUT2D eigenvalue weighted by atomic mass is 9.91. The van der Waals surface area contributed by atoms with Crippen LogP contribution in [0.15, 0.2) is 4.36 Å². The molecule has 1 saturated heterocycles. The van der Waals surface area contributed by atoms with Gasteiger partial charge in [-0.25, -0.2) is 8.57 Å². The molecule has 0 saturated carbocycles. The fraction of sp³-hybridized carbons (Fsp3) is 1.00. The van der Waals surface area contributed by atoms with Crippen molar-refractivity contribution in [2.75, 3.05) is 18.6 Å². The van der Waals surface area contributed by atoms with E-state index in [9.17, 15) is 4.21 Å². The minimum absolute atomic E-state index is 0.741. The summed E-state index contributed by atoms with van der Waals surface area (Å²) >= 11 is 0. The molecule has 0 aliphatic carbocycles. The van der Waals surface area contributed by atoms with Gasteiger partial charge < -0.3 is 0 Å². The monoisotopic (exact) mass is 189 g/mol. The third-order valence-corrected chi connectivity index (χ3v) is 5.30. The highest BCUT2D eigenvalue weighted by atomic mass is 32.2. The van der Waals surface area contributed by atoms with E-state index in [4.69, 9.17) is 0 Å². The smallest absolute Gasteiger partial charge is 0.0465 e. The number of rotatable bonds is 1. The summed E-state index contributed by atoms with van der Waals surface area (Å²) in [7, 11) is -0.0771. The van der Waals surface area contributed by atoms with Gasteiger partial charge in [0.15, 0.2) is 0 Å². The van der Waals surface area contributed by atoms with Crippen molar-refractivity contribution in [1.82, 2.24) is 0 Å². The maximum Gasteiger partial charge on any atom is 0.0465 e. The van der Waals surface area contributed by atoms with Crippen molar-refractivity contribution in [1.29, 1.82) is 0 Å². The lowest BCUT2D eigenvalue weighted by molar-refractivity contribution is 0.356. The Labute approximate surface area is 75.9 Å². The molecular weight excluding hydrogens is 170 g/mol. The van der Waals surface area contributed by atoms with E-state index in [-0.39, 0.29) is 0 Å². The van der Waals surface area contributed by atoms with Crippen molar-refractivity contribution in [3.8, 4) is 0 Å². The standard InChI is InChI=1S/C9H19NOS/c1-8(2)9-4-6-12(11,10-3)7-5-9/h8-9H,4-7H2,1-3H3. The average molecular weight is 189 g/mol. The van der Waals surface area contributed by atoms with Crippen LogP contribution in [0.3, 0.4) is 0 Å². The van der Waals surface area contributed by atoms with Crippen LogP contribution in [-0.2, 0) is 9.73 Å². The topological polar surface area (TPSA) is 29.4 Å². The highest BCUT2D eigenvalue weighted by molar-refractivity contribution is 7.93. The van der Waals surface area contributed by atoms with E-state index in [1.54, 1.807) is 7.05 Å². The zero-order valence-electron chi connectivity index (χ0n) is 8.25. The summed E-state index contributed by atoms with van der Waals surface area (Å²) in [6.07, 6.45) is 2.21. The van der Waals surface area contributed by atoms with Crippen molar-refractivity contribution < 1.29 is 4.21 Å². The first kappa shape index (κ1) is 10.0. The second-order valence-corrected chi connectivity index (χ2v) is 6.67. The minimum atomic E-state index is -1.77. The van der Waals surface area contributed by atoms with Gasteiger partial charge in [0.05, 0.1) is 0 Å². The van der Waals surface area contributed by atoms with Crippen LogP contribution < -0.4 is 0 Å². The quantitative estimate of drug-likeness (QED) is 0.621. The highest BCUT2D eigenvalue weighted by Gasteiger charge is 2.23. The predicted octanol–water partition coefficient (Wildman–Crippen LogP) is 2.15. The molecule has 0 amide bonds. The van der Waals surface area contributed by atoms with Gasteiger partial charge in [0.1, 0.15) is 0 Å². The molecule has 0 aromatic rings. The normalized spacial score (nSPS) is 36.8. The summed E-state index contributed by atoms with van der Waals surface area (Å²) in [5.74, 6) is 3.17. The van der Waals surface area contributed by atoms with Gasteiger partial charge in [-0.3, -0.25) is 0 Å².